The first-order valence-electron chi connectivity index (χ1n) is 8.60. The molecule has 0 saturated heterocycles. The molecule has 0 aliphatic rings. The van der Waals surface area contributed by atoms with E-state index in [-0.39, 0.29) is 0 Å². The van der Waals surface area contributed by atoms with Crippen LogP contribution in [0.5, 0.6) is 0 Å². The topological polar surface area (TPSA) is 92.1 Å². The zero-order chi connectivity index (χ0) is 19.9. The lowest BCUT2D eigenvalue weighted by Gasteiger charge is -2.12. The van der Waals surface area contributed by atoms with Crippen molar-refractivity contribution in [2.24, 2.45) is 0 Å². The summed E-state index contributed by atoms with van der Waals surface area (Å²) in [4.78, 5) is 28.6. The van der Waals surface area contributed by atoms with E-state index in [2.05, 4.69) is 10.3 Å². The van der Waals surface area contributed by atoms with E-state index in [0.717, 1.165) is 16.5 Å². The normalized spacial score (nSPS) is 11.7. The second-order valence-electron chi connectivity index (χ2n) is 6.02. The molecule has 1 heterocycles. The maximum Gasteiger partial charge on any atom is 0.331 e. The number of para-hydroxylation sites is 1. The average Bonchev–Trinajstić information content (AvgIpc) is 2.72. The fourth-order valence-electron chi connectivity index (χ4n) is 2.60. The summed E-state index contributed by atoms with van der Waals surface area (Å²) in [5, 5.41) is 12.5. The largest absolute Gasteiger partial charge is 0.449 e. The number of nitrogens with one attached hydrogen (secondary N) is 1. The Kier molecular flexibility index (Phi) is 5.78. The first-order chi connectivity index (χ1) is 13.6. The van der Waals surface area contributed by atoms with Gasteiger partial charge in [-0.15, -0.1) is 0 Å². The summed E-state index contributed by atoms with van der Waals surface area (Å²) in [5.74, 6) is -1.12. The fraction of sp³-hybridized carbons (Fsp3) is 0.0909. The van der Waals surface area contributed by atoms with Gasteiger partial charge in [-0.1, -0.05) is 30.3 Å². The molecule has 0 radical (unpaired) electrons. The number of benzene rings is 2. The summed E-state index contributed by atoms with van der Waals surface area (Å²) in [6.45, 7) is 1.48. The Bertz CT molecular complexity index is 1090. The second-order valence-corrected chi connectivity index (χ2v) is 6.02. The lowest BCUT2D eigenvalue weighted by atomic mass is 10.1. The molecule has 3 aromatic rings. The number of hydrogen-bond donors (Lipinski definition) is 1. The van der Waals surface area contributed by atoms with Crippen LogP contribution in [0.4, 0.5) is 5.69 Å². The summed E-state index contributed by atoms with van der Waals surface area (Å²) in [6.07, 6.45) is 3.57. The number of anilines is 1. The van der Waals surface area contributed by atoms with E-state index in [1.807, 2.05) is 36.4 Å². The van der Waals surface area contributed by atoms with Crippen LogP contribution in [0.25, 0.3) is 17.0 Å². The number of esters is 1. The van der Waals surface area contributed by atoms with E-state index in [1.54, 1.807) is 36.5 Å². The summed E-state index contributed by atoms with van der Waals surface area (Å²) < 4.78 is 5.15. The maximum absolute atomic E-state index is 12.2. The molecule has 1 amide bonds. The molecule has 3 rings (SSSR count). The Labute approximate surface area is 162 Å². The molecule has 0 aliphatic heterocycles. The number of hydrogen-bond acceptors (Lipinski definition) is 5. The molecule has 6 heteroatoms. The van der Waals surface area contributed by atoms with Crippen molar-refractivity contribution < 1.29 is 14.3 Å². The van der Waals surface area contributed by atoms with Crippen molar-refractivity contribution in [1.29, 1.82) is 5.26 Å². The highest BCUT2D eigenvalue weighted by atomic mass is 16.5. The van der Waals surface area contributed by atoms with Crippen molar-refractivity contribution in [3.8, 4) is 6.07 Å². The van der Waals surface area contributed by atoms with Crippen LogP contribution >= 0.6 is 0 Å². The molecule has 0 fully saturated rings. The third kappa shape index (κ3) is 4.59. The molecular formula is C22H17N3O3. The first-order valence-corrected chi connectivity index (χ1v) is 8.60. The van der Waals surface area contributed by atoms with Crippen LogP contribution in [0.1, 0.15) is 18.1 Å². The number of amides is 1. The molecule has 0 saturated carbocycles. The van der Waals surface area contributed by atoms with Gasteiger partial charge in [-0.2, -0.15) is 5.26 Å². The van der Waals surface area contributed by atoms with Gasteiger partial charge >= 0.3 is 5.97 Å². The molecule has 0 spiro atoms. The molecule has 1 aromatic heterocycles. The molecule has 1 unspecified atom stereocenters. The van der Waals surface area contributed by atoms with Gasteiger partial charge in [-0.3, -0.25) is 9.78 Å². The lowest BCUT2D eigenvalue weighted by Crippen LogP contribution is -2.29. The number of aromatic nitrogens is 1. The SMILES string of the molecule is CC(OC(=O)/C=C/c1cccc2cccnc12)C(=O)Nc1cccc(C#N)c1. The van der Waals surface area contributed by atoms with Crippen LogP contribution < -0.4 is 5.32 Å². The highest BCUT2D eigenvalue weighted by molar-refractivity contribution is 5.97. The van der Waals surface area contributed by atoms with Gasteiger partial charge in [0.15, 0.2) is 6.10 Å². The molecule has 0 aliphatic carbocycles. The Morgan fingerprint density at radius 3 is 2.79 bits per heavy atom. The minimum absolute atomic E-state index is 0.425. The number of nitrogens with zero attached hydrogens (tertiary/aromatic N) is 2. The van der Waals surface area contributed by atoms with Crippen LogP contribution in [0.2, 0.25) is 0 Å². The van der Waals surface area contributed by atoms with Crippen molar-refractivity contribution in [2.45, 2.75) is 13.0 Å². The van der Waals surface area contributed by atoms with E-state index in [4.69, 9.17) is 10.00 Å². The third-order valence-electron chi connectivity index (χ3n) is 3.98. The summed E-state index contributed by atoms with van der Waals surface area (Å²) in [5.41, 5.74) is 2.44. The maximum atomic E-state index is 12.2. The third-order valence-corrected chi connectivity index (χ3v) is 3.98. The molecule has 2 aromatic carbocycles. The van der Waals surface area contributed by atoms with E-state index < -0.39 is 18.0 Å². The Morgan fingerprint density at radius 2 is 1.96 bits per heavy atom. The highest BCUT2D eigenvalue weighted by Gasteiger charge is 2.16. The van der Waals surface area contributed by atoms with Gasteiger partial charge in [-0.25, -0.2) is 4.79 Å². The molecular weight excluding hydrogens is 354 g/mol. The van der Waals surface area contributed by atoms with Gasteiger partial charge in [0.2, 0.25) is 0 Å². The van der Waals surface area contributed by atoms with Gasteiger partial charge in [0.1, 0.15) is 0 Å². The van der Waals surface area contributed by atoms with Crippen molar-refractivity contribution in [3.05, 3.63) is 78.0 Å². The number of rotatable bonds is 5. The first kappa shape index (κ1) is 18.8. The predicted octanol–water partition coefficient (Wildman–Crippen LogP) is 3.69. The van der Waals surface area contributed by atoms with Gasteiger partial charge in [0, 0.05) is 28.9 Å². The smallest absolute Gasteiger partial charge is 0.331 e. The van der Waals surface area contributed by atoms with Gasteiger partial charge in [0.25, 0.3) is 5.91 Å². The minimum atomic E-state index is -0.992. The number of fused-ring (bicyclic) bond motifs is 1. The Balaban J connectivity index is 1.62. The van der Waals surface area contributed by atoms with Crippen molar-refractivity contribution in [3.63, 3.8) is 0 Å². The second kappa shape index (κ2) is 8.60. The van der Waals surface area contributed by atoms with Crippen LogP contribution in [-0.2, 0) is 14.3 Å². The summed E-state index contributed by atoms with van der Waals surface area (Å²) in [6, 6.07) is 17.9. The fourth-order valence-corrected chi connectivity index (χ4v) is 2.60. The van der Waals surface area contributed by atoms with E-state index in [9.17, 15) is 9.59 Å². The number of carbonyl (C=O) groups excluding carboxylic acids is 2. The zero-order valence-electron chi connectivity index (χ0n) is 15.1. The van der Waals surface area contributed by atoms with Crippen molar-refractivity contribution >= 4 is 34.5 Å². The monoisotopic (exact) mass is 371 g/mol. The average molecular weight is 371 g/mol. The van der Waals surface area contributed by atoms with Gasteiger partial charge in [0.05, 0.1) is 17.1 Å². The quantitative estimate of drug-likeness (QED) is 0.545. The minimum Gasteiger partial charge on any atom is -0.449 e. The number of nitriles is 1. The van der Waals surface area contributed by atoms with Gasteiger partial charge < -0.3 is 10.1 Å². The van der Waals surface area contributed by atoms with Crippen LogP contribution in [0.3, 0.4) is 0 Å². The zero-order valence-corrected chi connectivity index (χ0v) is 15.1. The van der Waals surface area contributed by atoms with Crippen LogP contribution in [0, 0.1) is 11.3 Å². The summed E-state index contributed by atoms with van der Waals surface area (Å²) >= 11 is 0. The molecule has 0 bridgehead atoms. The predicted molar refractivity (Wildman–Crippen MR) is 106 cm³/mol. The highest BCUT2D eigenvalue weighted by Crippen LogP contribution is 2.17. The molecule has 28 heavy (non-hydrogen) atoms. The standard InChI is InChI=1S/C22H17N3O3/c1-15(22(27)25-19-9-2-5-16(13-19)14-23)28-20(26)11-10-18-7-3-6-17-8-4-12-24-21(17)18/h2-13,15H,1H3,(H,25,27)/b11-10+. The molecule has 1 N–H and O–H groups in total. The Morgan fingerprint density at radius 1 is 1.18 bits per heavy atom. The lowest BCUT2D eigenvalue weighted by molar-refractivity contribution is -0.148. The van der Waals surface area contributed by atoms with Gasteiger partial charge in [-0.05, 0) is 37.3 Å². The van der Waals surface area contributed by atoms with Crippen molar-refractivity contribution in [2.75, 3.05) is 5.32 Å². The van der Waals surface area contributed by atoms with E-state index in [1.165, 1.54) is 13.0 Å². The van der Waals surface area contributed by atoms with Crippen molar-refractivity contribution in [1.82, 2.24) is 4.98 Å². The van der Waals surface area contributed by atoms with E-state index in [0.29, 0.717) is 11.3 Å². The summed E-state index contributed by atoms with van der Waals surface area (Å²) in [7, 11) is 0. The number of pyridine rings is 1. The van der Waals surface area contributed by atoms with Crippen LogP contribution in [-0.4, -0.2) is 23.0 Å². The molecule has 1 atom stereocenters. The number of ether oxygens (including phenoxy) is 1. The molecule has 6 nitrogen and oxygen atoms in total. The van der Waals surface area contributed by atoms with E-state index >= 15 is 0 Å². The number of carbonyl (C=O) groups is 2. The Hall–Kier alpha value is -3.98. The molecule has 138 valence electrons. The van der Waals surface area contributed by atoms with Crippen LogP contribution in [0.15, 0.2) is 66.9 Å².